The third-order valence-electron chi connectivity index (χ3n) is 6.80. The number of carbonyl (C=O) groups is 2. The molecule has 0 fully saturated rings. The van der Waals surface area contributed by atoms with E-state index in [1.807, 2.05) is 0 Å². The average Bonchev–Trinajstić information content (AvgIpc) is 3.41. The van der Waals surface area contributed by atoms with Crippen molar-refractivity contribution in [3.63, 3.8) is 0 Å². The van der Waals surface area contributed by atoms with Gasteiger partial charge in [0.05, 0.1) is 21.5 Å². The first-order valence-corrected chi connectivity index (χ1v) is 11.6. The SMILES string of the molecule is O=C(COC(=O)c1ccc2c(c1)[C@@H]1C=CC[C@H]1[C@@H](c1ccc([N+](=O)[O-])cc1)N2)c1ccc([N+](=O)[O-])cc1. The van der Waals surface area contributed by atoms with Crippen molar-refractivity contribution in [1.82, 2.24) is 0 Å². The number of ether oxygens (including phenoxy) is 1. The summed E-state index contributed by atoms with van der Waals surface area (Å²) in [5.41, 5.74) is 3.17. The van der Waals surface area contributed by atoms with E-state index in [1.54, 1.807) is 30.3 Å². The van der Waals surface area contributed by atoms with E-state index in [1.165, 1.54) is 36.4 Å². The van der Waals surface area contributed by atoms with Crippen LogP contribution in [0.4, 0.5) is 17.1 Å². The Balaban J connectivity index is 1.30. The fourth-order valence-electron chi connectivity index (χ4n) is 4.92. The second-order valence-corrected chi connectivity index (χ2v) is 8.93. The Morgan fingerprint density at radius 3 is 2.16 bits per heavy atom. The number of rotatable bonds is 7. The Bertz CT molecular complexity index is 1430. The molecule has 186 valence electrons. The average molecular weight is 499 g/mol. The van der Waals surface area contributed by atoms with Gasteiger partial charge in [0.25, 0.3) is 11.4 Å². The molecule has 2 aliphatic rings. The number of allylic oxidation sites excluding steroid dienone is 2. The number of carbonyl (C=O) groups excluding carboxylic acids is 2. The first-order valence-electron chi connectivity index (χ1n) is 11.6. The third kappa shape index (κ3) is 4.68. The molecule has 1 heterocycles. The van der Waals surface area contributed by atoms with Crippen molar-refractivity contribution in [2.75, 3.05) is 11.9 Å². The molecule has 3 atom stereocenters. The van der Waals surface area contributed by atoms with Crippen molar-refractivity contribution in [3.8, 4) is 0 Å². The van der Waals surface area contributed by atoms with Crippen molar-refractivity contribution in [2.45, 2.75) is 18.4 Å². The van der Waals surface area contributed by atoms with Gasteiger partial charge in [-0.15, -0.1) is 0 Å². The van der Waals surface area contributed by atoms with Crippen molar-refractivity contribution < 1.29 is 24.2 Å². The van der Waals surface area contributed by atoms with Crippen LogP contribution in [0.1, 0.15) is 50.2 Å². The topological polar surface area (TPSA) is 142 Å². The van der Waals surface area contributed by atoms with Crippen molar-refractivity contribution in [3.05, 3.63) is 121 Å². The Morgan fingerprint density at radius 1 is 0.892 bits per heavy atom. The van der Waals surface area contributed by atoms with Crippen molar-refractivity contribution in [2.24, 2.45) is 5.92 Å². The first-order chi connectivity index (χ1) is 17.8. The normalized spacial score (nSPS) is 19.3. The highest BCUT2D eigenvalue weighted by atomic mass is 16.6. The lowest BCUT2D eigenvalue weighted by Gasteiger charge is -2.37. The van der Waals surface area contributed by atoms with E-state index in [2.05, 4.69) is 17.5 Å². The zero-order valence-corrected chi connectivity index (χ0v) is 19.4. The standard InChI is InChI=1S/C27H21N3O7/c31-25(16-4-9-19(10-5-16)29(33)34)15-37-27(32)18-8-13-24-23(14-18)21-2-1-3-22(21)26(28-24)17-6-11-20(12-7-17)30(35)36/h1-2,4-14,21-22,26,28H,3,15H2/t21-,22-,26-/m1/s1. The number of hydrogen-bond donors (Lipinski definition) is 1. The molecule has 1 aliphatic carbocycles. The quantitative estimate of drug-likeness (QED) is 0.150. The molecule has 0 radical (unpaired) electrons. The molecule has 5 rings (SSSR count). The van der Waals surface area contributed by atoms with Gasteiger partial charge in [0, 0.05) is 41.4 Å². The number of hydrogen-bond acceptors (Lipinski definition) is 8. The lowest BCUT2D eigenvalue weighted by atomic mass is 9.76. The molecule has 10 nitrogen and oxygen atoms in total. The highest BCUT2D eigenvalue weighted by Crippen LogP contribution is 2.50. The smallest absolute Gasteiger partial charge is 0.338 e. The molecule has 0 amide bonds. The second-order valence-electron chi connectivity index (χ2n) is 8.93. The van der Waals surface area contributed by atoms with E-state index >= 15 is 0 Å². The first kappa shape index (κ1) is 23.9. The number of Topliss-reactive ketones (excluding diaryl/α,β-unsaturated/α-hetero) is 1. The zero-order valence-electron chi connectivity index (χ0n) is 19.4. The molecular formula is C27H21N3O7. The van der Waals surface area contributed by atoms with Crippen LogP contribution >= 0.6 is 0 Å². The van der Waals surface area contributed by atoms with E-state index in [9.17, 15) is 29.8 Å². The van der Waals surface area contributed by atoms with Crippen LogP contribution < -0.4 is 5.32 Å². The minimum Gasteiger partial charge on any atom is -0.454 e. The lowest BCUT2D eigenvalue weighted by molar-refractivity contribution is -0.385. The molecule has 0 bridgehead atoms. The lowest BCUT2D eigenvalue weighted by Crippen LogP contribution is -2.29. The zero-order chi connectivity index (χ0) is 26.1. The monoisotopic (exact) mass is 499 g/mol. The Hall–Kier alpha value is -4.86. The van der Waals surface area contributed by atoms with Gasteiger partial charge in [0.2, 0.25) is 0 Å². The number of nitrogens with one attached hydrogen (secondary N) is 1. The molecule has 3 aromatic rings. The summed E-state index contributed by atoms with van der Waals surface area (Å²) in [4.78, 5) is 45.9. The maximum absolute atomic E-state index is 12.7. The molecule has 3 aromatic carbocycles. The fraction of sp³-hybridized carbons (Fsp3) is 0.185. The summed E-state index contributed by atoms with van der Waals surface area (Å²) in [6.45, 7) is -0.486. The molecule has 0 spiro atoms. The van der Waals surface area contributed by atoms with Crippen LogP contribution in [-0.4, -0.2) is 28.2 Å². The largest absolute Gasteiger partial charge is 0.454 e. The fourth-order valence-corrected chi connectivity index (χ4v) is 4.92. The molecule has 1 N–H and O–H groups in total. The molecule has 1 aliphatic heterocycles. The predicted molar refractivity (Wildman–Crippen MR) is 134 cm³/mol. The summed E-state index contributed by atoms with van der Waals surface area (Å²) in [5, 5.41) is 25.3. The third-order valence-corrected chi connectivity index (χ3v) is 6.80. The van der Waals surface area contributed by atoms with Crippen LogP contribution in [0, 0.1) is 26.1 Å². The maximum atomic E-state index is 12.7. The number of ketones is 1. The number of fused-ring (bicyclic) bond motifs is 3. The molecule has 37 heavy (non-hydrogen) atoms. The molecule has 0 saturated carbocycles. The molecule has 0 unspecified atom stereocenters. The maximum Gasteiger partial charge on any atom is 0.338 e. The van der Waals surface area contributed by atoms with Gasteiger partial charge in [0.15, 0.2) is 12.4 Å². The minimum atomic E-state index is -0.644. The van der Waals surface area contributed by atoms with E-state index in [0.29, 0.717) is 5.56 Å². The predicted octanol–water partition coefficient (Wildman–Crippen LogP) is 5.37. The van der Waals surface area contributed by atoms with Crippen LogP contribution in [-0.2, 0) is 4.74 Å². The number of nitro benzene ring substituents is 2. The van der Waals surface area contributed by atoms with Crippen LogP contribution in [0.3, 0.4) is 0 Å². The van der Waals surface area contributed by atoms with Crippen LogP contribution in [0.5, 0.6) is 0 Å². The summed E-state index contributed by atoms with van der Waals surface area (Å²) >= 11 is 0. The number of anilines is 1. The van der Waals surface area contributed by atoms with Crippen LogP contribution in [0.25, 0.3) is 0 Å². The summed E-state index contributed by atoms with van der Waals surface area (Å²) in [6.07, 6.45) is 5.02. The van der Waals surface area contributed by atoms with Gasteiger partial charge in [-0.1, -0.05) is 24.3 Å². The number of nitro groups is 2. The van der Waals surface area contributed by atoms with E-state index in [-0.39, 0.29) is 34.8 Å². The number of non-ortho nitro benzene ring substituents is 2. The van der Waals surface area contributed by atoms with Gasteiger partial charge in [0.1, 0.15) is 0 Å². The summed E-state index contributed by atoms with van der Waals surface area (Å²) in [6, 6.07) is 16.8. The highest BCUT2D eigenvalue weighted by molar-refractivity contribution is 5.99. The number of nitrogens with zero attached hydrogens (tertiary/aromatic N) is 2. The van der Waals surface area contributed by atoms with E-state index < -0.39 is 28.2 Å². The molecule has 0 aromatic heterocycles. The number of esters is 1. The second kappa shape index (κ2) is 9.65. The summed E-state index contributed by atoms with van der Waals surface area (Å²) in [7, 11) is 0. The molecule has 0 saturated heterocycles. The van der Waals surface area contributed by atoms with Gasteiger partial charge in [-0.05, 0) is 53.8 Å². The van der Waals surface area contributed by atoms with Gasteiger partial charge in [-0.25, -0.2) is 4.79 Å². The van der Waals surface area contributed by atoms with Crippen molar-refractivity contribution >= 4 is 28.8 Å². The minimum absolute atomic E-state index is 0.0382. The summed E-state index contributed by atoms with van der Waals surface area (Å²) < 4.78 is 5.23. The highest BCUT2D eigenvalue weighted by Gasteiger charge is 2.38. The van der Waals surface area contributed by atoms with Crippen molar-refractivity contribution in [1.29, 1.82) is 0 Å². The van der Waals surface area contributed by atoms with Gasteiger partial charge < -0.3 is 10.1 Å². The number of benzene rings is 3. The van der Waals surface area contributed by atoms with E-state index in [4.69, 9.17) is 4.74 Å². The van der Waals surface area contributed by atoms with Crippen LogP contribution in [0.2, 0.25) is 0 Å². The Morgan fingerprint density at radius 2 is 1.51 bits per heavy atom. The van der Waals surface area contributed by atoms with Crippen LogP contribution in [0.15, 0.2) is 78.9 Å². The molecule has 10 heteroatoms. The molecular weight excluding hydrogens is 478 g/mol. The van der Waals surface area contributed by atoms with Gasteiger partial charge in [-0.3, -0.25) is 25.0 Å². The Labute approximate surface area is 210 Å². The van der Waals surface area contributed by atoms with Gasteiger partial charge >= 0.3 is 5.97 Å². The van der Waals surface area contributed by atoms with E-state index in [0.717, 1.165) is 23.2 Å². The summed E-state index contributed by atoms with van der Waals surface area (Å²) in [5.74, 6) is -0.892. The Kier molecular flexibility index (Phi) is 6.22. The van der Waals surface area contributed by atoms with Gasteiger partial charge in [-0.2, -0.15) is 0 Å².